The lowest BCUT2D eigenvalue weighted by Gasteiger charge is -2.28. The van der Waals surface area contributed by atoms with Gasteiger partial charge < -0.3 is 24.1 Å². The normalized spacial score (nSPS) is 17.7. The summed E-state index contributed by atoms with van der Waals surface area (Å²) in [6.07, 6.45) is 0.525. The van der Waals surface area contributed by atoms with E-state index in [0.29, 0.717) is 46.1 Å². The number of rotatable bonds is 3. The van der Waals surface area contributed by atoms with E-state index in [9.17, 15) is 9.90 Å². The Hall–Kier alpha value is -2.89. The summed E-state index contributed by atoms with van der Waals surface area (Å²) < 4.78 is 22.0. The predicted octanol–water partition coefficient (Wildman–Crippen LogP) is 3.18. The van der Waals surface area contributed by atoms with Gasteiger partial charge in [-0.2, -0.15) is 0 Å². The highest BCUT2D eigenvalue weighted by Crippen LogP contribution is 2.45. The van der Waals surface area contributed by atoms with Crippen LogP contribution >= 0.6 is 0 Å². The first-order chi connectivity index (χ1) is 12.5. The van der Waals surface area contributed by atoms with E-state index in [-0.39, 0.29) is 30.9 Å². The Kier molecular flexibility index (Phi) is 3.90. The van der Waals surface area contributed by atoms with Crippen LogP contribution in [0.3, 0.4) is 0 Å². The molecule has 0 saturated carbocycles. The second-order valence-electron chi connectivity index (χ2n) is 6.60. The van der Waals surface area contributed by atoms with E-state index >= 15 is 0 Å². The third-order valence-electron chi connectivity index (χ3n) is 5.01. The minimum Gasteiger partial charge on any atom is -0.507 e. The smallest absolute Gasteiger partial charge is 0.231 e. The number of phenols is 1. The quantitative estimate of drug-likeness (QED) is 0.910. The van der Waals surface area contributed by atoms with Crippen LogP contribution in [0.2, 0.25) is 0 Å². The molecule has 0 fully saturated rings. The van der Waals surface area contributed by atoms with Crippen molar-refractivity contribution in [2.75, 3.05) is 20.5 Å². The summed E-state index contributed by atoms with van der Waals surface area (Å²) in [6, 6.07) is 5.68. The second kappa shape index (κ2) is 6.12. The third-order valence-corrected chi connectivity index (χ3v) is 5.01. The molecule has 1 N–H and O–H groups in total. The van der Waals surface area contributed by atoms with Crippen molar-refractivity contribution < 1.29 is 28.8 Å². The van der Waals surface area contributed by atoms with Crippen molar-refractivity contribution in [1.29, 1.82) is 0 Å². The topological polar surface area (TPSA) is 74.2 Å². The number of hydrogen-bond acceptors (Lipinski definition) is 6. The van der Waals surface area contributed by atoms with Gasteiger partial charge in [-0.15, -0.1) is 0 Å². The molecule has 0 amide bonds. The summed E-state index contributed by atoms with van der Waals surface area (Å²) in [5.74, 6) is 1.94. The van der Waals surface area contributed by atoms with E-state index in [1.54, 1.807) is 13.8 Å². The van der Waals surface area contributed by atoms with E-state index in [0.717, 1.165) is 5.56 Å². The number of carbonyl (C=O) groups excluding carboxylic acids is 1. The largest absolute Gasteiger partial charge is 0.507 e. The molecule has 136 valence electrons. The molecule has 2 aliphatic rings. The van der Waals surface area contributed by atoms with Gasteiger partial charge in [0.15, 0.2) is 17.3 Å². The van der Waals surface area contributed by atoms with Crippen LogP contribution in [-0.2, 0) is 6.42 Å². The number of aromatic hydroxyl groups is 1. The van der Waals surface area contributed by atoms with E-state index < -0.39 is 0 Å². The van der Waals surface area contributed by atoms with Gasteiger partial charge in [0.1, 0.15) is 22.8 Å². The Morgan fingerprint density at radius 3 is 2.69 bits per heavy atom. The maximum atomic E-state index is 13.2. The molecule has 0 unspecified atom stereocenters. The fourth-order valence-corrected chi connectivity index (χ4v) is 3.60. The zero-order valence-corrected chi connectivity index (χ0v) is 14.9. The van der Waals surface area contributed by atoms with Gasteiger partial charge in [0.05, 0.1) is 19.6 Å². The Balaban J connectivity index is 1.68. The summed E-state index contributed by atoms with van der Waals surface area (Å²) in [5, 5.41) is 10.3. The first kappa shape index (κ1) is 16.6. The first-order valence-corrected chi connectivity index (χ1v) is 8.47. The summed E-state index contributed by atoms with van der Waals surface area (Å²) >= 11 is 0. The van der Waals surface area contributed by atoms with Crippen molar-refractivity contribution in [2.24, 2.45) is 5.92 Å². The van der Waals surface area contributed by atoms with E-state index in [1.807, 2.05) is 18.2 Å². The molecule has 0 spiro atoms. The van der Waals surface area contributed by atoms with E-state index in [4.69, 9.17) is 18.9 Å². The summed E-state index contributed by atoms with van der Waals surface area (Å²) in [7, 11) is 1.49. The van der Waals surface area contributed by atoms with Crippen LogP contribution in [0.5, 0.6) is 28.7 Å². The van der Waals surface area contributed by atoms with Gasteiger partial charge in [-0.05, 0) is 38.0 Å². The molecule has 2 heterocycles. The summed E-state index contributed by atoms with van der Waals surface area (Å²) in [4.78, 5) is 13.2. The molecule has 2 aliphatic heterocycles. The SMILES string of the molecule is COc1c(C)c(O)c(C)c2c1C(=O)[C@H](Cc1ccc3c(c1)OCO3)CO2. The molecule has 0 saturated heterocycles. The Bertz CT molecular complexity index is 879. The highest BCUT2D eigenvalue weighted by atomic mass is 16.7. The molecule has 26 heavy (non-hydrogen) atoms. The monoisotopic (exact) mass is 356 g/mol. The van der Waals surface area contributed by atoms with Gasteiger partial charge >= 0.3 is 0 Å². The molecule has 1 atom stereocenters. The van der Waals surface area contributed by atoms with Crippen LogP contribution < -0.4 is 18.9 Å². The fraction of sp³-hybridized carbons (Fsp3) is 0.350. The molecule has 0 radical (unpaired) electrons. The average molecular weight is 356 g/mol. The Morgan fingerprint density at radius 1 is 1.15 bits per heavy atom. The van der Waals surface area contributed by atoms with E-state index in [1.165, 1.54) is 7.11 Å². The van der Waals surface area contributed by atoms with Gasteiger partial charge in [-0.3, -0.25) is 4.79 Å². The van der Waals surface area contributed by atoms with Crippen LogP contribution in [0.1, 0.15) is 27.0 Å². The highest BCUT2D eigenvalue weighted by molar-refractivity contribution is 6.05. The minimum atomic E-state index is -0.333. The number of benzene rings is 2. The van der Waals surface area contributed by atoms with Crippen molar-refractivity contribution in [1.82, 2.24) is 0 Å². The number of methoxy groups -OCH3 is 1. The average Bonchev–Trinajstić information content (AvgIpc) is 3.10. The van der Waals surface area contributed by atoms with Crippen molar-refractivity contribution in [2.45, 2.75) is 20.3 Å². The van der Waals surface area contributed by atoms with Crippen LogP contribution in [0.25, 0.3) is 0 Å². The predicted molar refractivity (Wildman–Crippen MR) is 93.7 cm³/mol. The van der Waals surface area contributed by atoms with Gasteiger partial charge in [-0.1, -0.05) is 6.07 Å². The van der Waals surface area contributed by atoms with Crippen LogP contribution in [0, 0.1) is 19.8 Å². The van der Waals surface area contributed by atoms with Gasteiger partial charge in [0.25, 0.3) is 0 Å². The molecule has 0 aliphatic carbocycles. The molecule has 2 aromatic carbocycles. The number of ketones is 1. The minimum absolute atomic E-state index is 0.0352. The molecule has 2 aromatic rings. The number of ether oxygens (including phenoxy) is 4. The number of Topliss-reactive ketones (excluding diaryl/α,β-unsaturated/α-hetero) is 1. The first-order valence-electron chi connectivity index (χ1n) is 8.47. The van der Waals surface area contributed by atoms with Crippen molar-refractivity contribution in [3.05, 3.63) is 40.5 Å². The van der Waals surface area contributed by atoms with Gasteiger partial charge in [-0.25, -0.2) is 0 Å². The second-order valence-corrected chi connectivity index (χ2v) is 6.60. The van der Waals surface area contributed by atoms with E-state index in [2.05, 4.69) is 0 Å². The lowest BCUT2D eigenvalue weighted by Crippen LogP contribution is -2.30. The number of fused-ring (bicyclic) bond motifs is 2. The standard InChI is InChI=1S/C20H20O6/c1-10-17(21)11(2)20-16(19(10)23-3)18(22)13(8-24-20)6-12-4-5-14-15(7-12)26-9-25-14/h4-5,7,13,21H,6,8-9H2,1-3H3/t13-/m1/s1. The van der Waals surface area contributed by atoms with Gasteiger partial charge in [0, 0.05) is 11.1 Å². The molecule has 0 aromatic heterocycles. The van der Waals surface area contributed by atoms with Crippen LogP contribution in [0.4, 0.5) is 0 Å². The Labute approximate surface area is 151 Å². The summed E-state index contributed by atoms with van der Waals surface area (Å²) in [5.41, 5.74) is 2.50. The third kappa shape index (κ3) is 2.44. The maximum absolute atomic E-state index is 13.2. The van der Waals surface area contributed by atoms with Crippen molar-refractivity contribution in [3.8, 4) is 28.7 Å². The number of phenolic OH excluding ortho intramolecular Hbond substituents is 1. The lowest BCUT2D eigenvalue weighted by molar-refractivity contribution is 0.0823. The van der Waals surface area contributed by atoms with Crippen LogP contribution in [0.15, 0.2) is 18.2 Å². The summed E-state index contributed by atoms with van der Waals surface area (Å²) in [6.45, 7) is 3.95. The van der Waals surface area contributed by atoms with Gasteiger partial charge in [0.2, 0.25) is 6.79 Å². The molecule has 0 bridgehead atoms. The fourth-order valence-electron chi connectivity index (χ4n) is 3.60. The maximum Gasteiger partial charge on any atom is 0.231 e. The zero-order valence-electron chi connectivity index (χ0n) is 14.9. The highest BCUT2D eigenvalue weighted by Gasteiger charge is 2.35. The molecule has 4 rings (SSSR count). The number of hydrogen-bond donors (Lipinski definition) is 1. The lowest BCUT2D eigenvalue weighted by atomic mass is 9.87. The van der Waals surface area contributed by atoms with Crippen LogP contribution in [-0.4, -0.2) is 31.4 Å². The molecular weight excluding hydrogens is 336 g/mol. The molecular formula is C20H20O6. The Morgan fingerprint density at radius 2 is 1.92 bits per heavy atom. The van der Waals surface area contributed by atoms with Crippen molar-refractivity contribution in [3.63, 3.8) is 0 Å². The van der Waals surface area contributed by atoms with Crippen molar-refractivity contribution >= 4 is 5.78 Å². The molecule has 6 nitrogen and oxygen atoms in total. The number of carbonyl (C=O) groups is 1. The zero-order chi connectivity index (χ0) is 18.4. The molecule has 6 heteroatoms.